The predicted molar refractivity (Wildman–Crippen MR) is 76.5 cm³/mol. The SMILES string of the molecule is CCNC1CSCC1c1nc(C(C)(C)OCC)no1. The highest BCUT2D eigenvalue weighted by molar-refractivity contribution is 7.99. The number of aromatic nitrogens is 2. The molecule has 1 aliphatic rings. The minimum Gasteiger partial charge on any atom is -0.368 e. The molecule has 0 radical (unpaired) electrons. The van der Waals surface area contributed by atoms with Gasteiger partial charge in [-0.2, -0.15) is 16.7 Å². The van der Waals surface area contributed by atoms with Crippen LogP contribution in [0.4, 0.5) is 0 Å². The van der Waals surface area contributed by atoms with Gasteiger partial charge in [0.1, 0.15) is 5.60 Å². The van der Waals surface area contributed by atoms with Crippen molar-refractivity contribution in [3.63, 3.8) is 0 Å². The molecule has 2 atom stereocenters. The molecular weight excluding hydrogens is 262 g/mol. The molecule has 0 saturated carbocycles. The first kappa shape index (κ1) is 14.8. The fourth-order valence-corrected chi connectivity index (χ4v) is 3.69. The third-order valence-electron chi connectivity index (χ3n) is 3.35. The van der Waals surface area contributed by atoms with Crippen molar-refractivity contribution in [3.8, 4) is 0 Å². The van der Waals surface area contributed by atoms with E-state index in [1.165, 1.54) is 0 Å². The largest absolute Gasteiger partial charge is 0.368 e. The third kappa shape index (κ3) is 3.30. The summed E-state index contributed by atoms with van der Waals surface area (Å²) in [6, 6.07) is 0.429. The molecule has 0 spiro atoms. The Morgan fingerprint density at radius 2 is 2.21 bits per heavy atom. The number of nitrogens with zero attached hydrogens (tertiary/aromatic N) is 2. The quantitative estimate of drug-likeness (QED) is 0.864. The summed E-state index contributed by atoms with van der Waals surface area (Å²) in [7, 11) is 0. The highest BCUT2D eigenvalue weighted by Crippen LogP contribution is 2.33. The molecule has 0 amide bonds. The first-order chi connectivity index (χ1) is 9.08. The van der Waals surface area contributed by atoms with Crippen LogP contribution in [0, 0.1) is 0 Å². The summed E-state index contributed by atoms with van der Waals surface area (Å²) < 4.78 is 11.1. The Balaban J connectivity index is 2.12. The zero-order chi connectivity index (χ0) is 13.9. The smallest absolute Gasteiger partial charge is 0.232 e. The second kappa shape index (κ2) is 6.24. The minimum atomic E-state index is -0.490. The van der Waals surface area contributed by atoms with E-state index in [0.29, 0.717) is 24.4 Å². The molecule has 5 nitrogen and oxygen atoms in total. The summed E-state index contributed by atoms with van der Waals surface area (Å²) in [6.45, 7) is 9.63. The van der Waals surface area contributed by atoms with E-state index in [9.17, 15) is 0 Å². The minimum absolute atomic E-state index is 0.309. The van der Waals surface area contributed by atoms with Crippen molar-refractivity contribution in [2.24, 2.45) is 0 Å². The Kier molecular flexibility index (Phi) is 4.86. The van der Waals surface area contributed by atoms with Crippen molar-refractivity contribution >= 4 is 11.8 Å². The summed E-state index contributed by atoms with van der Waals surface area (Å²) in [4.78, 5) is 4.56. The second-order valence-corrected chi connectivity index (χ2v) is 6.28. The van der Waals surface area contributed by atoms with Gasteiger partial charge in [-0.1, -0.05) is 12.1 Å². The van der Waals surface area contributed by atoms with E-state index in [-0.39, 0.29) is 0 Å². The molecule has 2 heterocycles. The molecule has 1 aromatic heterocycles. The highest BCUT2D eigenvalue weighted by atomic mass is 32.2. The molecule has 1 fully saturated rings. The maximum absolute atomic E-state index is 5.66. The number of likely N-dealkylation sites (N-methyl/N-ethyl adjacent to an activating group) is 1. The second-order valence-electron chi connectivity index (χ2n) is 5.21. The summed E-state index contributed by atoms with van der Waals surface area (Å²) in [5, 5.41) is 7.58. The molecular formula is C13H23N3O2S. The van der Waals surface area contributed by atoms with Crippen LogP contribution in [0.5, 0.6) is 0 Å². The lowest BCUT2D eigenvalue weighted by Gasteiger charge is -2.20. The van der Waals surface area contributed by atoms with Gasteiger partial charge in [0, 0.05) is 24.2 Å². The van der Waals surface area contributed by atoms with E-state index in [2.05, 4.69) is 22.4 Å². The lowest BCUT2D eigenvalue weighted by molar-refractivity contribution is -0.0221. The maximum Gasteiger partial charge on any atom is 0.232 e. The van der Waals surface area contributed by atoms with Gasteiger partial charge in [-0.15, -0.1) is 0 Å². The van der Waals surface area contributed by atoms with Crippen LogP contribution in [0.25, 0.3) is 0 Å². The third-order valence-corrected chi connectivity index (χ3v) is 4.54. The number of hydrogen-bond donors (Lipinski definition) is 1. The van der Waals surface area contributed by atoms with Gasteiger partial charge in [0.2, 0.25) is 11.7 Å². The number of nitrogens with one attached hydrogen (secondary N) is 1. The van der Waals surface area contributed by atoms with Gasteiger partial charge in [-0.25, -0.2) is 0 Å². The Hall–Kier alpha value is -0.590. The molecule has 1 aliphatic heterocycles. The molecule has 19 heavy (non-hydrogen) atoms. The van der Waals surface area contributed by atoms with Gasteiger partial charge >= 0.3 is 0 Å². The number of ether oxygens (including phenoxy) is 1. The molecule has 1 aromatic rings. The summed E-state index contributed by atoms with van der Waals surface area (Å²) in [6.07, 6.45) is 0. The zero-order valence-corrected chi connectivity index (χ0v) is 12.9. The Morgan fingerprint density at radius 1 is 1.42 bits per heavy atom. The lowest BCUT2D eigenvalue weighted by Crippen LogP contribution is -2.34. The predicted octanol–water partition coefficient (Wildman–Crippen LogP) is 2.15. The monoisotopic (exact) mass is 285 g/mol. The van der Waals surface area contributed by atoms with E-state index in [4.69, 9.17) is 9.26 Å². The van der Waals surface area contributed by atoms with Gasteiger partial charge in [-0.05, 0) is 27.3 Å². The van der Waals surface area contributed by atoms with Crippen LogP contribution in [-0.4, -0.2) is 40.8 Å². The fourth-order valence-electron chi connectivity index (χ4n) is 2.32. The first-order valence-corrected chi connectivity index (χ1v) is 8.03. The van der Waals surface area contributed by atoms with Gasteiger partial charge in [0.25, 0.3) is 0 Å². The van der Waals surface area contributed by atoms with Crippen LogP contribution in [0.1, 0.15) is 45.3 Å². The van der Waals surface area contributed by atoms with Gasteiger partial charge in [0.05, 0.1) is 5.92 Å². The molecule has 6 heteroatoms. The van der Waals surface area contributed by atoms with Gasteiger partial charge in [-0.3, -0.25) is 0 Å². The van der Waals surface area contributed by atoms with Crippen molar-refractivity contribution in [1.29, 1.82) is 0 Å². The van der Waals surface area contributed by atoms with Crippen LogP contribution >= 0.6 is 11.8 Å². The molecule has 0 aromatic carbocycles. The van der Waals surface area contributed by atoms with Gasteiger partial charge in [0.15, 0.2) is 0 Å². The lowest BCUT2D eigenvalue weighted by atomic mass is 10.0. The van der Waals surface area contributed by atoms with E-state index >= 15 is 0 Å². The number of rotatable bonds is 6. The Morgan fingerprint density at radius 3 is 2.89 bits per heavy atom. The summed E-state index contributed by atoms with van der Waals surface area (Å²) in [5.74, 6) is 3.82. The average Bonchev–Trinajstić information content (AvgIpc) is 2.96. The van der Waals surface area contributed by atoms with Crippen molar-refractivity contribution in [2.45, 2.75) is 45.3 Å². The van der Waals surface area contributed by atoms with Crippen LogP contribution < -0.4 is 5.32 Å². The van der Waals surface area contributed by atoms with E-state index in [1.807, 2.05) is 32.5 Å². The van der Waals surface area contributed by atoms with Crippen molar-refractivity contribution in [3.05, 3.63) is 11.7 Å². The molecule has 108 valence electrons. The summed E-state index contributed by atoms with van der Waals surface area (Å²) >= 11 is 1.93. The maximum atomic E-state index is 5.66. The number of hydrogen-bond acceptors (Lipinski definition) is 6. The molecule has 2 unspecified atom stereocenters. The zero-order valence-electron chi connectivity index (χ0n) is 12.1. The van der Waals surface area contributed by atoms with Crippen LogP contribution in [0.3, 0.4) is 0 Å². The standard InChI is InChI=1S/C13H23N3O2S/c1-5-14-10-8-19-7-9(10)11-15-12(16-18-11)13(3,4)17-6-2/h9-10,14H,5-8H2,1-4H3. The van der Waals surface area contributed by atoms with Crippen LogP contribution in [-0.2, 0) is 10.3 Å². The fraction of sp³-hybridized carbons (Fsp3) is 0.846. The Bertz CT molecular complexity index is 408. The van der Waals surface area contributed by atoms with Crippen LogP contribution in [0.2, 0.25) is 0 Å². The van der Waals surface area contributed by atoms with Crippen molar-refractivity contribution < 1.29 is 9.26 Å². The topological polar surface area (TPSA) is 60.2 Å². The normalized spacial score (nSPS) is 24.0. The summed E-state index contributed by atoms with van der Waals surface area (Å²) in [5.41, 5.74) is -0.490. The van der Waals surface area contributed by atoms with Crippen LogP contribution in [0.15, 0.2) is 4.52 Å². The van der Waals surface area contributed by atoms with E-state index in [0.717, 1.165) is 23.9 Å². The molecule has 0 aliphatic carbocycles. The number of thioether (sulfide) groups is 1. The van der Waals surface area contributed by atoms with E-state index < -0.39 is 5.60 Å². The van der Waals surface area contributed by atoms with E-state index in [1.54, 1.807) is 0 Å². The van der Waals surface area contributed by atoms with Crippen molar-refractivity contribution in [1.82, 2.24) is 15.5 Å². The van der Waals surface area contributed by atoms with Gasteiger partial charge < -0.3 is 14.6 Å². The average molecular weight is 285 g/mol. The molecule has 1 N–H and O–H groups in total. The first-order valence-electron chi connectivity index (χ1n) is 6.87. The van der Waals surface area contributed by atoms with Crippen molar-refractivity contribution in [2.75, 3.05) is 24.7 Å². The molecule has 0 bridgehead atoms. The highest BCUT2D eigenvalue weighted by Gasteiger charge is 2.35. The molecule has 1 saturated heterocycles. The molecule has 2 rings (SSSR count). The Labute approximate surface area is 118 Å².